The fraction of sp³-hybridized carbons (Fsp3) is 0.292. The molecule has 0 radical (unpaired) electrons. The predicted octanol–water partition coefficient (Wildman–Crippen LogP) is 3.93. The van der Waals surface area contributed by atoms with Gasteiger partial charge in [0, 0.05) is 29.5 Å². The van der Waals surface area contributed by atoms with E-state index in [-0.39, 0.29) is 6.42 Å². The average Bonchev–Trinajstić information content (AvgIpc) is 3.27. The maximum absolute atomic E-state index is 11.2. The second-order valence-electron chi connectivity index (χ2n) is 7.82. The van der Waals surface area contributed by atoms with E-state index in [1.165, 1.54) is 0 Å². The number of methoxy groups -OCH3 is 1. The first kappa shape index (κ1) is 24.1. The average molecular weight is 504 g/mol. The molecule has 2 aromatic carbocycles. The van der Waals surface area contributed by atoms with Crippen LogP contribution in [0.2, 0.25) is 5.02 Å². The third-order valence-electron chi connectivity index (χ3n) is 5.67. The van der Waals surface area contributed by atoms with Crippen LogP contribution in [0.5, 0.6) is 11.5 Å². The van der Waals surface area contributed by atoms with Crippen molar-refractivity contribution in [2.75, 3.05) is 24.3 Å². The second kappa shape index (κ2) is 9.69. The highest BCUT2D eigenvalue weighted by Crippen LogP contribution is 2.41. The number of benzene rings is 2. The van der Waals surface area contributed by atoms with Gasteiger partial charge in [0.25, 0.3) is 5.82 Å². The molecule has 0 saturated carbocycles. The van der Waals surface area contributed by atoms with Crippen molar-refractivity contribution in [2.45, 2.75) is 26.4 Å². The van der Waals surface area contributed by atoms with E-state index >= 15 is 0 Å². The van der Waals surface area contributed by atoms with Crippen LogP contribution >= 0.6 is 11.6 Å². The molecular weight excluding hydrogens is 478 g/mol. The predicted molar refractivity (Wildman–Crippen MR) is 131 cm³/mol. The number of hydrogen-bond donors (Lipinski definition) is 0. The minimum absolute atomic E-state index is 0.169. The molecule has 1 aliphatic heterocycles. The summed E-state index contributed by atoms with van der Waals surface area (Å²) in [6, 6.07) is 11.2. The lowest BCUT2D eigenvalue weighted by Gasteiger charge is -2.15. The SMILES string of the molecule is C=CC[n+]1c(/C=C2\Oc3ccc(OC)cc3N2CC)n(CCCS(=O)(=O)[O-])c2cc(Cl)ccc21. The smallest absolute Gasteiger partial charge is 0.288 e. The number of halogens is 1. The molecule has 4 rings (SSSR count). The Hall–Kier alpha value is -3.01. The molecule has 0 bridgehead atoms. The Balaban J connectivity index is 1.86. The topological polar surface area (TPSA) is 87.7 Å². The van der Waals surface area contributed by atoms with Crippen LogP contribution < -0.4 is 18.9 Å². The maximum Gasteiger partial charge on any atom is 0.288 e. The Bertz CT molecular complexity index is 1380. The summed E-state index contributed by atoms with van der Waals surface area (Å²) in [6.45, 7) is 7.40. The Morgan fingerprint density at radius 1 is 1.26 bits per heavy atom. The molecule has 0 saturated heterocycles. The van der Waals surface area contributed by atoms with Gasteiger partial charge in [-0.1, -0.05) is 24.3 Å². The lowest BCUT2D eigenvalue weighted by Crippen LogP contribution is -2.36. The summed E-state index contributed by atoms with van der Waals surface area (Å²) in [4.78, 5) is 2.03. The van der Waals surface area contributed by atoms with E-state index in [0.29, 0.717) is 36.3 Å². The number of aromatic nitrogens is 2. The fourth-order valence-electron chi connectivity index (χ4n) is 4.20. The maximum atomic E-state index is 11.2. The number of anilines is 1. The zero-order valence-corrected chi connectivity index (χ0v) is 20.6. The number of ether oxygens (including phenoxy) is 2. The summed E-state index contributed by atoms with van der Waals surface area (Å²) in [6.07, 6.45) is 3.87. The van der Waals surface area contributed by atoms with Gasteiger partial charge >= 0.3 is 0 Å². The highest BCUT2D eigenvalue weighted by molar-refractivity contribution is 7.85. The first-order valence-corrected chi connectivity index (χ1v) is 12.8. The minimum Gasteiger partial charge on any atom is -0.748 e. The highest BCUT2D eigenvalue weighted by Gasteiger charge is 2.30. The monoisotopic (exact) mass is 503 g/mol. The van der Waals surface area contributed by atoms with E-state index in [9.17, 15) is 13.0 Å². The summed E-state index contributed by atoms with van der Waals surface area (Å²) in [7, 11) is -2.70. The molecule has 0 unspecified atom stereocenters. The standard InChI is InChI=1S/C24H26ClN3O5S/c1-4-11-27-19-9-7-17(25)14-20(19)28(12-6-13-34(29,30)31)23(27)16-24-26(5-2)21-15-18(32-3)8-10-22(21)33-24/h4,7-10,14-16H,1,5-6,11-13H2,2-3H3. The lowest BCUT2D eigenvalue weighted by molar-refractivity contribution is -0.663. The first-order valence-electron chi connectivity index (χ1n) is 10.9. The van der Waals surface area contributed by atoms with E-state index in [4.69, 9.17) is 21.1 Å². The summed E-state index contributed by atoms with van der Waals surface area (Å²) < 4.78 is 49.2. The lowest BCUT2D eigenvalue weighted by atomic mass is 10.2. The molecule has 0 atom stereocenters. The Morgan fingerprint density at radius 2 is 2.06 bits per heavy atom. The van der Waals surface area contributed by atoms with E-state index in [1.807, 2.05) is 52.8 Å². The Morgan fingerprint density at radius 3 is 2.74 bits per heavy atom. The molecule has 8 nitrogen and oxygen atoms in total. The molecule has 1 aliphatic rings. The summed E-state index contributed by atoms with van der Waals surface area (Å²) >= 11 is 6.29. The van der Waals surface area contributed by atoms with Gasteiger partial charge in [-0.05, 0) is 37.6 Å². The number of aryl methyl sites for hydroxylation is 1. The van der Waals surface area contributed by atoms with Gasteiger partial charge in [0.1, 0.15) is 12.3 Å². The Labute approximate surface area is 204 Å². The fourth-order valence-corrected chi connectivity index (χ4v) is 4.85. The van der Waals surface area contributed by atoms with Gasteiger partial charge < -0.3 is 18.9 Å². The summed E-state index contributed by atoms with van der Waals surface area (Å²) in [5.41, 5.74) is 2.62. The van der Waals surface area contributed by atoms with E-state index < -0.39 is 15.9 Å². The number of fused-ring (bicyclic) bond motifs is 2. The zero-order chi connectivity index (χ0) is 24.5. The van der Waals surface area contributed by atoms with Gasteiger partial charge in [-0.25, -0.2) is 17.6 Å². The first-order chi connectivity index (χ1) is 16.3. The van der Waals surface area contributed by atoms with Crippen molar-refractivity contribution in [3.8, 4) is 11.5 Å². The second-order valence-corrected chi connectivity index (χ2v) is 9.78. The molecule has 10 heteroatoms. The van der Waals surface area contributed by atoms with Crippen molar-refractivity contribution in [1.29, 1.82) is 0 Å². The quantitative estimate of drug-likeness (QED) is 0.250. The van der Waals surface area contributed by atoms with Gasteiger partial charge in [-0.15, -0.1) is 0 Å². The number of hydrogen-bond acceptors (Lipinski definition) is 6. The summed E-state index contributed by atoms with van der Waals surface area (Å²) in [5, 5.41) is 0.555. The largest absolute Gasteiger partial charge is 0.748 e. The molecule has 3 aromatic rings. The number of nitrogens with zero attached hydrogens (tertiary/aromatic N) is 3. The molecule has 180 valence electrons. The Kier molecular flexibility index (Phi) is 6.88. The van der Waals surface area contributed by atoms with Crippen LogP contribution in [0.1, 0.15) is 19.2 Å². The molecule has 0 spiro atoms. The molecule has 34 heavy (non-hydrogen) atoms. The summed E-state index contributed by atoms with van der Waals surface area (Å²) in [5.74, 6) is 2.38. The van der Waals surface area contributed by atoms with E-state index in [0.717, 1.165) is 28.3 Å². The van der Waals surface area contributed by atoms with Crippen LogP contribution in [-0.4, -0.2) is 36.9 Å². The van der Waals surface area contributed by atoms with Crippen LogP contribution in [0.15, 0.2) is 54.9 Å². The molecule has 0 aliphatic carbocycles. The molecule has 0 fully saturated rings. The zero-order valence-electron chi connectivity index (χ0n) is 19.0. The van der Waals surface area contributed by atoms with Crippen molar-refractivity contribution in [1.82, 2.24) is 4.57 Å². The number of imidazole rings is 1. The van der Waals surface area contributed by atoms with Crippen molar-refractivity contribution in [3.63, 3.8) is 0 Å². The third kappa shape index (κ3) is 4.77. The van der Waals surface area contributed by atoms with Crippen molar-refractivity contribution < 1.29 is 27.0 Å². The van der Waals surface area contributed by atoms with Crippen LogP contribution in [0.3, 0.4) is 0 Å². The normalized spacial score (nSPS) is 14.5. The van der Waals surface area contributed by atoms with Gasteiger partial charge in [0.15, 0.2) is 16.8 Å². The minimum atomic E-state index is -4.32. The molecule has 0 N–H and O–H groups in total. The molecule has 2 heterocycles. The van der Waals surface area contributed by atoms with Crippen LogP contribution in [0.25, 0.3) is 17.1 Å². The van der Waals surface area contributed by atoms with Gasteiger partial charge in [0.05, 0.1) is 35.5 Å². The van der Waals surface area contributed by atoms with Crippen LogP contribution in [0.4, 0.5) is 5.69 Å². The van der Waals surface area contributed by atoms with Crippen molar-refractivity contribution in [2.24, 2.45) is 0 Å². The van der Waals surface area contributed by atoms with Gasteiger partial charge in [-0.3, -0.25) is 0 Å². The highest BCUT2D eigenvalue weighted by atomic mass is 35.5. The van der Waals surface area contributed by atoms with Gasteiger partial charge in [0.2, 0.25) is 5.88 Å². The number of allylic oxidation sites excluding steroid dienone is 1. The third-order valence-corrected chi connectivity index (χ3v) is 6.69. The number of rotatable bonds is 9. The van der Waals surface area contributed by atoms with Crippen molar-refractivity contribution in [3.05, 3.63) is 65.8 Å². The molecular formula is C24H26ClN3O5S. The van der Waals surface area contributed by atoms with Gasteiger partial charge in [-0.2, -0.15) is 0 Å². The van der Waals surface area contributed by atoms with E-state index in [2.05, 4.69) is 11.1 Å². The molecule has 0 amide bonds. The van der Waals surface area contributed by atoms with Crippen LogP contribution in [-0.2, 0) is 23.2 Å². The molecule has 1 aromatic heterocycles. The van der Waals surface area contributed by atoms with Crippen molar-refractivity contribution >= 4 is 44.5 Å². The van der Waals surface area contributed by atoms with Crippen LogP contribution in [0, 0.1) is 0 Å². The van der Waals surface area contributed by atoms with E-state index in [1.54, 1.807) is 19.3 Å².